The van der Waals surface area contributed by atoms with Gasteiger partial charge in [0, 0.05) is 41.8 Å². The number of aromatic nitrogens is 3. The summed E-state index contributed by atoms with van der Waals surface area (Å²) in [5.74, 6) is 0.293. The van der Waals surface area contributed by atoms with E-state index in [-0.39, 0.29) is 17.6 Å². The van der Waals surface area contributed by atoms with Gasteiger partial charge in [-0.25, -0.2) is 0 Å². The summed E-state index contributed by atoms with van der Waals surface area (Å²) in [4.78, 5) is 34.3. The first-order valence-corrected chi connectivity index (χ1v) is 12.3. The van der Waals surface area contributed by atoms with Crippen LogP contribution in [0.25, 0.3) is 21.3 Å². The van der Waals surface area contributed by atoms with Crippen LogP contribution in [0.2, 0.25) is 0 Å². The molecule has 184 valence electrons. The number of hydrogen-bond acceptors (Lipinski definition) is 6. The van der Waals surface area contributed by atoms with Gasteiger partial charge in [0.2, 0.25) is 0 Å². The number of aromatic amines is 1. The molecular weight excluding hydrogens is 464 g/mol. The Kier molecular flexibility index (Phi) is 6.57. The van der Waals surface area contributed by atoms with Gasteiger partial charge in [-0.1, -0.05) is 6.07 Å². The molecule has 9 heteroatoms. The number of hydrogen-bond donors (Lipinski definition) is 3. The molecule has 8 nitrogen and oxygen atoms in total. The number of aliphatic hydroxyl groups is 1. The fraction of sp³-hybridized carbons (Fsp3) is 0.346. The fourth-order valence-electron chi connectivity index (χ4n) is 4.01. The van der Waals surface area contributed by atoms with Gasteiger partial charge >= 0.3 is 0 Å². The standard InChI is InChI=1S/C26H30N4O4S/c1-7-27-24(31)18-11-16-17(13-30(6)25(32)22(16)29-18)23-19(12-20(35-23)26(4,5)33)34-15(3)21-14(2)9-8-10-28-21/h8-13,15,29,33H,7H2,1-6H3,(H,27,31). The average molecular weight is 495 g/mol. The zero-order valence-electron chi connectivity index (χ0n) is 20.7. The summed E-state index contributed by atoms with van der Waals surface area (Å²) in [6.07, 6.45) is 3.13. The highest BCUT2D eigenvalue weighted by molar-refractivity contribution is 7.16. The van der Waals surface area contributed by atoms with E-state index in [1.807, 2.05) is 39.0 Å². The highest BCUT2D eigenvalue weighted by atomic mass is 32.1. The van der Waals surface area contributed by atoms with Crippen molar-refractivity contribution < 1.29 is 14.6 Å². The minimum absolute atomic E-state index is 0.237. The molecule has 1 atom stereocenters. The lowest BCUT2D eigenvalue weighted by molar-refractivity contribution is 0.0821. The molecule has 1 amide bonds. The van der Waals surface area contributed by atoms with Crippen molar-refractivity contribution in [3.05, 3.63) is 68.8 Å². The summed E-state index contributed by atoms with van der Waals surface area (Å²) in [7, 11) is 1.67. The van der Waals surface area contributed by atoms with Crippen molar-refractivity contribution in [3.63, 3.8) is 0 Å². The number of amides is 1. The molecule has 4 rings (SSSR count). The van der Waals surface area contributed by atoms with E-state index in [1.54, 1.807) is 39.4 Å². The van der Waals surface area contributed by atoms with Crippen molar-refractivity contribution in [2.45, 2.75) is 46.3 Å². The molecule has 0 aliphatic rings. The lowest BCUT2D eigenvalue weighted by Crippen LogP contribution is -2.23. The number of carbonyl (C=O) groups is 1. The third-order valence-corrected chi connectivity index (χ3v) is 7.29. The number of nitrogens with zero attached hydrogens (tertiary/aromatic N) is 2. The molecule has 0 aromatic carbocycles. The Morgan fingerprint density at radius 3 is 2.77 bits per heavy atom. The number of aryl methyl sites for hydroxylation is 2. The van der Waals surface area contributed by atoms with Gasteiger partial charge in [-0.15, -0.1) is 11.3 Å². The lowest BCUT2D eigenvalue weighted by Gasteiger charge is -2.17. The van der Waals surface area contributed by atoms with Crippen LogP contribution < -0.4 is 15.6 Å². The molecule has 4 heterocycles. The Balaban J connectivity index is 1.90. The van der Waals surface area contributed by atoms with Crippen LogP contribution in [0.4, 0.5) is 0 Å². The van der Waals surface area contributed by atoms with Gasteiger partial charge in [0.05, 0.1) is 16.2 Å². The van der Waals surface area contributed by atoms with E-state index in [0.29, 0.717) is 33.8 Å². The monoisotopic (exact) mass is 494 g/mol. The third kappa shape index (κ3) is 4.74. The lowest BCUT2D eigenvalue weighted by atomic mass is 10.1. The highest BCUT2D eigenvalue weighted by Crippen LogP contribution is 2.45. The van der Waals surface area contributed by atoms with Crippen LogP contribution in [0.3, 0.4) is 0 Å². The number of nitrogens with one attached hydrogen (secondary N) is 2. The molecule has 0 bridgehead atoms. The third-order valence-electron chi connectivity index (χ3n) is 5.83. The van der Waals surface area contributed by atoms with Crippen LogP contribution in [-0.4, -0.2) is 32.1 Å². The SMILES string of the molecule is CCNC(=O)c1cc2c(-c3sc(C(C)(C)O)cc3OC(C)c3ncccc3C)cn(C)c(=O)c2[nH]1. The normalized spacial score (nSPS) is 12.7. The molecule has 0 radical (unpaired) electrons. The van der Waals surface area contributed by atoms with E-state index >= 15 is 0 Å². The summed E-state index contributed by atoms with van der Waals surface area (Å²) >= 11 is 1.39. The van der Waals surface area contributed by atoms with E-state index in [1.165, 1.54) is 15.9 Å². The van der Waals surface area contributed by atoms with Gasteiger partial charge in [-0.3, -0.25) is 14.6 Å². The first-order chi connectivity index (χ1) is 16.5. The molecule has 0 fully saturated rings. The molecule has 1 unspecified atom stereocenters. The largest absolute Gasteiger partial charge is 0.483 e. The maximum atomic E-state index is 12.9. The number of H-pyrrole nitrogens is 1. The molecule has 0 spiro atoms. The van der Waals surface area contributed by atoms with Crippen molar-refractivity contribution in [1.29, 1.82) is 0 Å². The van der Waals surface area contributed by atoms with E-state index in [0.717, 1.165) is 21.7 Å². The van der Waals surface area contributed by atoms with Crippen molar-refractivity contribution >= 4 is 28.1 Å². The quantitative estimate of drug-likeness (QED) is 0.352. The van der Waals surface area contributed by atoms with E-state index in [4.69, 9.17) is 4.74 Å². The summed E-state index contributed by atoms with van der Waals surface area (Å²) in [6, 6.07) is 7.39. The van der Waals surface area contributed by atoms with Crippen LogP contribution in [-0.2, 0) is 12.6 Å². The topological polar surface area (TPSA) is 109 Å². The highest BCUT2D eigenvalue weighted by Gasteiger charge is 2.27. The molecule has 35 heavy (non-hydrogen) atoms. The van der Waals surface area contributed by atoms with E-state index < -0.39 is 5.60 Å². The van der Waals surface area contributed by atoms with Crippen LogP contribution in [0.5, 0.6) is 5.75 Å². The van der Waals surface area contributed by atoms with Crippen LogP contribution in [0.1, 0.15) is 60.4 Å². The molecule has 4 aromatic rings. The Bertz CT molecular complexity index is 1460. The number of rotatable bonds is 7. The number of pyridine rings is 2. The fourth-order valence-corrected chi connectivity index (χ4v) is 5.13. The first-order valence-electron chi connectivity index (χ1n) is 11.5. The zero-order chi connectivity index (χ0) is 25.5. The predicted molar refractivity (Wildman–Crippen MR) is 138 cm³/mol. The predicted octanol–water partition coefficient (Wildman–Crippen LogP) is 4.42. The number of thiophene rings is 1. The van der Waals surface area contributed by atoms with Crippen molar-refractivity contribution in [2.75, 3.05) is 6.54 Å². The van der Waals surface area contributed by atoms with Crippen molar-refractivity contribution in [1.82, 2.24) is 19.9 Å². The minimum Gasteiger partial charge on any atom is -0.483 e. The van der Waals surface area contributed by atoms with Gasteiger partial charge < -0.3 is 24.7 Å². The zero-order valence-corrected chi connectivity index (χ0v) is 21.5. The van der Waals surface area contributed by atoms with Crippen LogP contribution in [0.15, 0.2) is 41.5 Å². The number of carbonyl (C=O) groups excluding carboxylic acids is 1. The number of fused-ring (bicyclic) bond motifs is 1. The molecule has 0 saturated carbocycles. The summed E-state index contributed by atoms with van der Waals surface area (Å²) in [5.41, 5.74) is 1.89. The second-order valence-electron chi connectivity index (χ2n) is 9.12. The molecule has 3 N–H and O–H groups in total. The van der Waals surface area contributed by atoms with Crippen molar-refractivity contribution in [2.24, 2.45) is 7.05 Å². The Labute approximate surface area is 207 Å². The van der Waals surface area contributed by atoms with E-state index in [9.17, 15) is 14.7 Å². The van der Waals surface area contributed by atoms with Gasteiger partial charge in [-0.05, 0) is 58.4 Å². The maximum Gasteiger partial charge on any atom is 0.274 e. The summed E-state index contributed by atoms with van der Waals surface area (Å²) in [5, 5.41) is 14.1. The van der Waals surface area contributed by atoms with Gasteiger partial charge in [-0.2, -0.15) is 0 Å². The van der Waals surface area contributed by atoms with Gasteiger partial charge in [0.1, 0.15) is 23.1 Å². The van der Waals surface area contributed by atoms with Crippen molar-refractivity contribution in [3.8, 4) is 16.2 Å². The molecular formula is C26H30N4O4S. The summed E-state index contributed by atoms with van der Waals surface area (Å²) < 4.78 is 7.90. The van der Waals surface area contributed by atoms with Gasteiger partial charge in [0.25, 0.3) is 11.5 Å². The molecule has 0 saturated heterocycles. The molecule has 4 aromatic heterocycles. The molecule has 0 aliphatic heterocycles. The van der Waals surface area contributed by atoms with Gasteiger partial charge in [0.15, 0.2) is 0 Å². The Morgan fingerprint density at radius 2 is 2.11 bits per heavy atom. The Morgan fingerprint density at radius 1 is 1.37 bits per heavy atom. The number of ether oxygens (including phenoxy) is 1. The van der Waals surface area contributed by atoms with Crippen LogP contribution in [0, 0.1) is 6.92 Å². The molecule has 0 aliphatic carbocycles. The smallest absolute Gasteiger partial charge is 0.274 e. The van der Waals surface area contributed by atoms with Crippen LogP contribution >= 0.6 is 11.3 Å². The minimum atomic E-state index is -1.09. The Hall–Kier alpha value is -3.43. The van der Waals surface area contributed by atoms with E-state index in [2.05, 4.69) is 15.3 Å². The first kappa shape index (κ1) is 24.7. The maximum absolute atomic E-state index is 12.9. The second kappa shape index (κ2) is 9.31. The summed E-state index contributed by atoms with van der Waals surface area (Å²) in [6.45, 7) is 9.67. The second-order valence-corrected chi connectivity index (χ2v) is 10.2. The average Bonchev–Trinajstić information content (AvgIpc) is 3.42.